The third kappa shape index (κ3) is 2.97. The van der Waals surface area contributed by atoms with Crippen LogP contribution in [0.4, 0.5) is 15.8 Å². The first-order valence-electron chi connectivity index (χ1n) is 5.73. The van der Waals surface area contributed by atoms with Crippen molar-refractivity contribution in [2.75, 3.05) is 18.5 Å². The van der Waals surface area contributed by atoms with E-state index in [0.717, 1.165) is 38.4 Å². The molecule has 1 N–H and O–H groups in total. The number of anilines is 1. The number of nitrogens with one attached hydrogen (secondary N) is 1. The van der Waals surface area contributed by atoms with Gasteiger partial charge in [0.15, 0.2) is 0 Å². The number of halogens is 2. The molecule has 1 aliphatic rings. The van der Waals surface area contributed by atoms with Crippen molar-refractivity contribution in [3.8, 4) is 0 Å². The van der Waals surface area contributed by atoms with Gasteiger partial charge in [-0.2, -0.15) is 0 Å². The van der Waals surface area contributed by atoms with Gasteiger partial charge in [-0.25, -0.2) is 9.40 Å². The van der Waals surface area contributed by atoms with E-state index in [1.807, 2.05) is 5.01 Å². The van der Waals surface area contributed by atoms with Gasteiger partial charge >= 0.3 is 0 Å². The maximum atomic E-state index is 13.4. The fourth-order valence-corrected chi connectivity index (χ4v) is 2.28. The van der Waals surface area contributed by atoms with E-state index in [9.17, 15) is 14.5 Å². The number of rotatable bonds is 3. The Balaban J connectivity index is 2.24. The lowest BCUT2D eigenvalue weighted by molar-refractivity contribution is -0.384. The normalized spacial score (nSPS) is 16.6. The average molecular weight is 318 g/mol. The molecule has 1 saturated heterocycles. The number of nitro groups is 1. The van der Waals surface area contributed by atoms with Crippen molar-refractivity contribution in [2.45, 2.75) is 19.3 Å². The van der Waals surface area contributed by atoms with Gasteiger partial charge in [-0.15, -0.1) is 0 Å². The second-order valence-electron chi connectivity index (χ2n) is 4.20. The van der Waals surface area contributed by atoms with E-state index in [1.165, 1.54) is 6.07 Å². The molecular weight excluding hydrogens is 305 g/mol. The van der Waals surface area contributed by atoms with Gasteiger partial charge in [0.1, 0.15) is 11.5 Å². The summed E-state index contributed by atoms with van der Waals surface area (Å²) in [6.45, 7) is 1.63. The predicted molar refractivity (Wildman–Crippen MR) is 69.8 cm³/mol. The minimum Gasteiger partial charge on any atom is -0.313 e. The summed E-state index contributed by atoms with van der Waals surface area (Å²) < 4.78 is 13.5. The molecule has 7 heteroatoms. The quantitative estimate of drug-likeness (QED) is 0.686. The highest BCUT2D eigenvalue weighted by Gasteiger charge is 2.20. The minimum absolute atomic E-state index is 0.0957. The van der Waals surface area contributed by atoms with Gasteiger partial charge in [0.05, 0.1) is 9.40 Å². The molecule has 1 fully saturated rings. The molecule has 1 heterocycles. The van der Waals surface area contributed by atoms with Crippen LogP contribution in [0, 0.1) is 15.9 Å². The topological polar surface area (TPSA) is 58.4 Å². The summed E-state index contributed by atoms with van der Waals surface area (Å²) in [4.78, 5) is 10.4. The van der Waals surface area contributed by atoms with Gasteiger partial charge in [-0.05, 0) is 28.8 Å². The summed E-state index contributed by atoms with van der Waals surface area (Å²) in [6.07, 6.45) is 3.24. The second-order valence-corrected chi connectivity index (χ2v) is 5.05. The van der Waals surface area contributed by atoms with Gasteiger partial charge in [0, 0.05) is 25.2 Å². The van der Waals surface area contributed by atoms with E-state index in [1.54, 1.807) is 0 Å². The highest BCUT2D eigenvalue weighted by Crippen LogP contribution is 2.31. The van der Waals surface area contributed by atoms with Crippen LogP contribution >= 0.6 is 15.9 Å². The number of hydrogen-bond donors (Lipinski definition) is 1. The number of nitrogens with zero attached hydrogens (tertiary/aromatic N) is 2. The zero-order chi connectivity index (χ0) is 13.1. The van der Waals surface area contributed by atoms with E-state index >= 15 is 0 Å². The first kappa shape index (κ1) is 13.2. The third-order valence-electron chi connectivity index (χ3n) is 2.87. The fourth-order valence-electron chi connectivity index (χ4n) is 1.95. The van der Waals surface area contributed by atoms with E-state index in [2.05, 4.69) is 21.4 Å². The van der Waals surface area contributed by atoms with Crippen molar-refractivity contribution >= 4 is 27.3 Å². The molecule has 1 aromatic carbocycles. The Labute approximate surface area is 112 Å². The fraction of sp³-hybridized carbons (Fsp3) is 0.455. The Kier molecular flexibility index (Phi) is 4.13. The van der Waals surface area contributed by atoms with Gasteiger partial charge in [0.2, 0.25) is 0 Å². The Hall–Kier alpha value is -1.21. The minimum atomic E-state index is -0.517. The molecule has 0 amide bonds. The van der Waals surface area contributed by atoms with Crippen LogP contribution in [-0.2, 0) is 0 Å². The van der Waals surface area contributed by atoms with Crippen LogP contribution < -0.4 is 5.43 Å². The van der Waals surface area contributed by atoms with Crippen LogP contribution in [-0.4, -0.2) is 23.0 Å². The number of nitro benzene ring substituents is 1. The van der Waals surface area contributed by atoms with E-state index < -0.39 is 10.7 Å². The number of hydrazine groups is 1. The first-order valence-corrected chi connectivity index (χ1v) is 6.52. The monoisotopic (exact) mass is 317 g/mol. The SMILES string of the molecule is O=[N+]([O-])c1cc(Br)c(F)cc1NN1CCCCC1. The summed E-state index contributed by atoms with van der Waals surface area (Å²) >= 11 is 2.95. The zero-order valence-electron chi connectivity index (χ0n) is 9.66. The predicted octanol–water partition coefficient (Wildman–Crippen LogP) is 3.31. The Morgan fingerprint density at radius 1 is 1.33 bits per heavy atom. The van der Waals surface area contributed by atoms with Gasteiger partial charge in [-0.3, -0.25) is 10.1 Å². The largest absolute Gasteiger partial charge is 0.313 e. The van der Waals surface area contributed by atoms with Crippen LogP contribution in [0.15, 0.2) is 16.6 Å². The number of benzene rings is 1. The van der Waals surface area contributed by atoms with Crippen molar-refractivity contribution in [1.82, 2.24) is 5.01 Å². The van der Waals surface area contributed by atoms with Crippen molar-refractivity contribution in [2.24, 2.45) is 0 Å². The molecule has 1 aliphatic heterocycles. The average Bonchev–Trinajstić information content (AvgIpc) is 2.34. The van der Waals surface area contributed by atoms with Gasteiger partial charge in [-0.1, -0.05) is 6.42 Å². The van der Waals surface area contributed by atoms with E-state index in [4.69, 9.17) is 0 Å². The van der Waals surface area contributed by atoms with Crippen molar-refractivity contribution in [3.05, 3.63) is 32.5 Å². The molecule has 0 radical (unpaired) electrons. The molecule has 0 saturated carbocycles. The Morgan fingerprint density at radius 2 is 2.00 bits per heavy atom. The molecule has 0 aromatic heterocycles. The summed E-state index contributed by atoms with van der Waals surface area (Å²) in [5.74, 6) is -0.514. The zero-order valence-corrected chi connectivity index (χ0v) is 11.2. The highest BCUT2D eigenvalue weighted by molar-refractivity contribution is 9.10. The molecule has 1 aromatic rings. The maximum Gasteiger partial charge on any atom is 0.295 e. The van der Waals surface area contributed by atoms with Crippen molar-refractivity contribution in [3.63, 3.8) is 0 Å². The smallest absolute Gasteiger partial charge is 0.295 e. The third-order valence-corrected chi connectivity index (χ3v) is 3.48. The van der Waals surface area contributed by atoms with Crippen LogP contribution in [0.3, 0.4) is 0 Å². The summed E-state index contributed by atoms with van der Waals surface area (Å²) in [5, 5.41) is 12.8. The van der Waals surface area contributed by atoms with E-state index in [-0.39, 0.29) is 15.8 Å². The summed E-state index contributed by atoms with van der Waals surface area (Å²) in [5.41, 5.74) is 3.00. The highest BCUT2D eigenvalue weighted by atomic mass is 79.9. The molecule has 5 nitrogen and oxygen atoms in total. The lowest BCUT2D eigenvalue weighted by atomic mass is 10.2. The molecule has 0 bridgehead atoms. The number of hydrogen-bond acceptors (Lipinski definition) is 4. The summed E-state index contributed by atoms with van der Waals surface area (Å²) in [7, 11) is 0. The molecule has 0 atom stereocenters. The van der Waals surface area contributed by atoms with Crippen LogP contribution in [0.1, 0.15) is 19.3 Å². The Morgan fingerprint density at radius 3 is 2.61 bits per heavy atom. The molecular formula is C11H13BrFN3O2. The molecule has 18 heavy (non-hydrogen) atoms. The van der Waals surface area contributed by atoms with Crippen LogP contribution in [0.5, 0.6) is 0 Å². The van der Waals surface area contributed by atoms with Crippen LogP contribution in [0.25, 0.3) is 0 Å². The second kappa shape index (κ2) is 5.62. The Bertz CT molecular complexity index is 464. The lowest BCUT2D eigenvalue weighted by Crippen LogP contribution is -2.35. The lowest BCUT2D eigenvalue weighted by Gasteiger charge is -2.27. The first-order chi connectivity index (χ1) is 8.58. The molecule has 2 rings (SSSR count). The van der Waals surface area contributed by atoms with E-state index in [0.29, 0.717) is 0 Å². The van der Waals surface area contributed by atoms with Crippen molar-refractivity contribution in [1.29, 1.82) is 0 Å². The summed E-state index contributed by atoms with van der Waals surface area (Å²) in [6, 6.07) is 2.33. The van der Waals surface area contributed by atoms with Gasteiger partial charge < -0.3 is 5.43 Å². The number of piperidine rings is 1. The molecule has 0 aliphatic carbocycles. The molecule has 98 valence electrons. The molecule has 0 spiro atoms. The van der Waals surface area contributed by atoms with Crippen LogP contribution in [0.2, 0.25) is 0 Å². The molecule has 0 unspecified atom stereocenters. The van der Waals surface area contributed by atoms with Crippen molar-refractivity contribution < 1.29 is 9.31 Å². The van der Waals surface area contributed by atoms with Gasteiger partial charge in [0.25, 0.3) is 5.69 Å². The maximum absolute atomic E-state index is 13.4. The standard InChI is InChI=1S/C11H13BrFN3O2/c12-8-6-11(16(17)18)10(7-9(8)13)14-15-4-2-1-3-5-15/h6-7,14H,1-5H2.